The second-order valence-corrected chi connectivity index (χ2v) is 5.20. The van der Waals surface area contributed by atoms with E-state index in [9.17, 15) is 14.0 Å². The molecule has 0 saturated carbocycles. The molecule has 0 aliphatic carbocycles. The Labute approximate surface area is 133 Å². The van der Waals surface area contributed by atoms with Gasteiger partial charge in [0.15, 0.2) is 0 Å². The van der Waals surface area contributed by atoms with Gasteiger partial charge in [0.1, 0.15) is 12.5 Å². The minimum absolute atomic E-state index is 0.0491. The van der Waals surface area contributed by atoms with E-state index in [2.05, 4.69) is 36.3 Å². The number of hydrogen-bond acceptors (Lipinski definition) is 5. The summed E-state index contributed by atoms with van der Waals surface area (Å²) in [6.07, 6.45) is 0.312. The average Bonchev–Trinajstić information content (AvgIpc) is 2.39. The number of amides is 2. The van der Waals surface area contributed by atoms with Gasteiger partial charge >= 0.3 is 6.09 Å². The van der Waals surface area contributed by atoms with Crippen molar-refractivity contribution < 1.29 is 18.7 Å². The zero-order chi connectivity index (χ0) is 16.0. The van der Waals surface area contributed by atoms with E-state index < -0.39 is 24.7 Å². The van der Waals surface area contributed by atoms with Crippen molar-refractivity contribution in [1.82, 2.24) is 10.3 Å². The summed E-state index contributed by atoms with van der Waals surface area (Å²) >= 11 is 7.90. The van der Waals surface area contributed by atoms with Crippen molar-refractivity contribution >= 4 is 51.1 Å². The number of aromatic nitrogens is 1. The van der Waals surface area contributed by atoms with Crippen molar-refractivity contribution in [2.24, 2.45) is 5.73 Å². The van der Waals surface area contributed by atoms with Gasteiger partial charge in [-0.1, -0.05) is 0 Å². The summed E-state index contributed by atoms with van der Waals surface area (Å²) in [7, 11) is 0. The van der Waals surface area contributed by atoms with Gasteiger partial charge in [-0.05, 0) is 41.1 Å². The highest BCUT2D eigenvalue weighted by Gasteiger charge is 2.17. The van der Waals surface area contributed by atoms with Crippen LogP contribution in [-0.2, 0) is 4.74 Å². The number of carbonyl (C=O) groups excluding carboxylic acids is 2. The van der Waals surface area contributed by atoms with Crippen LogP contribution in [0.3, 0.4) is 0 Å². The normalized spacial score (nSPS) is 11.4. The van der Waals surface area contributed by atoms with Crippen molar-refractivity contribution in [3.05, 3.63) is 22.3 Å². The van der Waals surface area contributed by atoms with Crippen LogP contribution < -0.4 is 16.4 Å². The number of ether oxygens (including phenoxy) is 1. The number of anilines is 1. The molecular weight excluding hydrogens is 367 g/mol. The van der Waals surface area contributed by atoms with Crippen molar-refractivity contribution in [1.29, 1.82) is 0 Å². The first kappa shape index (κ1) is 17.2. The molecule has 1 rings (SSSR count). The second kappa shape index (κ2) is 7.84. The highest BCUT2D eigenvalue weighted by atomic mass is 79.9. The lowest BCUT2D eigenvalue weighted by Crippen LogP contribution is -2.35. The van der Waals surface area contributed by atoms with Gasteiger partial charge in [0.2, 0.25) is 0 Å². The Kier molecular flexibility index (Phi) is 6.43. The molecule has 7 nitrogen and oxygen atoms in total. The molecule has 1 atom stereocenters. The van der Waals surface area contributed by atoms with Crippen molar-refractivity contribution in [3.63, 3.8) is 0 Å². The van der Waals surface area contributed by atoms with Crippen molar-refractivity contribution in [2.45, 2.75) is 13.0 Å². The van der Waals surface area contributed by atoms with E-state index in [1.54, 1.807) is 0 Å². The highest BCUT2D eigenvalue weighted by Crippen LogP contribution is 2.18. The molecule has 1 aromatic rings. The van der Waals surface area contributed by atoms with Crippen LogP contribution in [0.2, 0.25) is 0 Å². The summed E-state index contributed by atoms with van der Waals surface area (Å²) in [5.41, 5.74) is 4.91. The summed E-state index contributed by atoms with van der Waals surface area (Å²) in [4.78, 5) is 26.6. The number of nitrogens with two attached hydrogens (primary N) is 1. The molecule has 2 amide bonds. The van der Waals surface area contributed by atoms with Crippen LogP contribution in [0.1, 0.15) is 17.3 Å². The van der Waals surface area contributed by atoms with Crippen LogP contribution in [0.5, 0.6) is 0 Å². The predicted molar refractivity (Wildman–Crippen MR) is 81.7 cm³/mol. The van der Waals surface area contributed by atoms with E-state index in [0.29, 0.717) is 4.47 Å². The number of pyridine rings is 1. The molecule has 1 unspecified atom stereocenters. The number of hydrogen-bond donors (Lipinski definition) is 3. The molecule has 0 aromatic carbocycles. The molecule has 0 bridgehead atoms. The summed E-state index contributed by atoms with van der Waals surface area (Å²) in [5.74, 6) is -0.508. The van der Waals surface area contributed by atoms with Gasteiger partial charge in [-0.3, -0.25) is 4.79 Å². The van der Waals surface area contributed by atoms with E-state index in [0.717, 1.165) is 0 Å². The number of nitrogens with one attached hydrogen (secondary N) is 2. The van der Waals surface area contributed by atoms with E-state index in [1.807, 2.05) is 0 Å². The lowest BCUT2D eigenvalue weighted by molar-refractivity contribution is 0.0934. The number of primary amides is 1. The molecule has 4 N–H and O–H groups in total. The molecule has 0 fully saturated rings. The summed E-state index contributed by atoms with van der Waals surface area (Å²) in [6, 6.07) is 0.806. The fraction of sp³-hybridized carbons (Fsp3) is 0.273. The number of thiocarbonyl (C=S) groups is 1. The standard InChI is InChI=1S/C11H12BrFN4O3S/c1-5(3-13)16-9(18)7-2-6(12)4-15-8(7)17-11(21)20-10(14)19/h2,4-5H,3H2,1H3,(H2,14,19)(H,16,18)(H,15,17,21). The van der Waals surface area contributed by atoms with Gasteiger partial charge in [0.05, 0.1) is 11.6 Å². The van der Waals surface area contributed by atoms with Crippen LogP contribution in [0.15, 0.2) is 16.7 Å². The van der Waals surface area contributed by atoms with Crippen molar-refractivity contribution in [3.8, 4) is 0 Å². The van der Waals surface area contributed by atoms with E-state index in [4.69, 9.17) is 18.0 Å². The first-order valence-electron chi connectivity index (χ1n) is 5.64. The Morgan fingerprint density at radius 1 is 1.62 bits per heavy atom. The SMILES string of the molecule is CC(CF)NC(=O)c1cc(Br)cnc1NC(=S)OC(N)=O. The van der Waals surface area contributed by atoms with Gasteiger partial charge in [0, 0.05) is 10.7 Å². The van der Waals surface area contributed by atoms with E-state index in [1.165, 1.54) is 19.2 Å². The Bertz CT molecular complexity index is 572. The third-order valence-electron chi connectivity index (χ3n) is 2.12. The van der Waals surface area contributed by atoms with Gasteiger partial charge in [-0.2, -0.15) is 0 Å². The Balaban J connectivity index is 2.96. The smallest absolute Gasteiger partial charge is 0.383 e. The number of halogens is 2. The number of nitrogens with zero attached hydrogens (tertiary/aromatic N) is 1. The van der Waals surface area contributed by atoms with Gasteiger partial charge in [0.25, 0.3) is 11.1 Å². The Hall–Kier alpha value is -1.81. The molecule has 0 aliphatic heterocycles. The van der Waals surface area contributed by atoms with Gasteiger partial charge < -0.3 is 21.1 Å². The Morgan fingerprint density at radius 3 is 2.86 bits per heavy atom. The highest BCUT2D eigenvalue weighted by molar-refractivity contribution is 9.10. The number of carbonyl (C=O) groups is 2. The summed E-state index contributed by atoms with van der Waals surface area (Å²) in [5, 5.41) is 4.54. The van der Waals surface area contributed by atoms with Gasteiger partial charge in [-0.25, -0.2) is 14.2 Å². The van der Waals surface area contributed by atoms with E-state index >= 15 is 0 Å². The van der Waals surface area contributed by atoms with Gasteiger partial charge in [-0.15, -0.1) is 0 Å². The van der Waals surface area contributed by atoms with Crippen LogP contribution in [0.4, 0.5) is 15.0 Å². The topological polar surface area (TPSA) is 106 Å². The zero-order valence-electron chi connectivity index (χ0n) is 10.9. The zero-order valence-corrected chi connectivity index (χ0v) is 13.3. The lowest BCUT2D eigenvalue weighted by atomic mass is 10.2. The fourth-order valence-electron chi connectivity index (χ4n) is 1.27. The molecule has 0 radical (unpaired) electrons. The van der Waals surface area contributed by atoms with Crippen LogP contribution in [0.25, 0.3) is 0 Å². The average molecular weight is 379 g/mol. The second-order valence-electron chi connectivity index (χ2n) is 3.91. The molecule has 0 saturated heterocycles. The maximum atomic E-state index is 12.4. The number of alkyl halides is 1. The minimum Gasteiger partial charge on any atom is -0.383 e. The molecule has 114 valence electrons. The molecule has 0 aliphatic rings. The minimum atomic E-state index is -1.10. The molecule has 1 heterocycles. The van der Waals surface area contributed by atoms with Crippen molar-refractivity contribution in [2.75, 3.05) is 12.0 Å². The fourth-order valence-corrected chi connectivity index (χ4v) is 1.78. The molecule has 0 spiro atoms. The molecule has 21 heavy (non-hydrogen) atoms. The summed E-state index contributed by atoms with van der Waals surface area (Å²) < 4.78 is 17.4. The van der Waals surface area contributed by atoms with Crippen LogP contribution >= 0.6 is 28.1 Å². The molecule has 10 heteroatoms. The third-order valence-corrected chi connectivity index (χ3v) is 2.74. The van der Waals surface area contributed by atoms with E-state index in [-0.39, 0.29) is 16.6 Å². The largest absolute Gasteiger partial charge is 0.411 e. The lowest BCUT2D eigenvalue weighted by Gasteiger charge is -2.13. The summed E-state index contributed by atoms with van der Waals surface area (Å²) in [6.45, 7) is 0.802. The Morgan fingerprint density at radius 2 is 2.29 bits per heavy atom. The monoisotopic (exact) mass is 378 g/mol. The maximum Gasteiger partial charge on any atom is 0.411 e. The maximum absolute atomic E-state index is 12.4. The van der Waals surface area contributed by atoms with Crippen LogP contribution in [0, 0.1) is 0 Å². The first-order chi connectivity index (χ1) is 9.83. The molecular formula is C11H12BrFN4O3S. The molecule has 1 aromatic heterocycles. The quantitative estimate of drug-likeness (QED) is 0.688. The number of rotatable bonds is 4. The first-order valence-corrected chi connectivity index (χ1v) is 6.84. The third kappa shape index (κ3) is 5.60. The van der Waals surface area contributed by atoms with Crippen LogP contribution in [-0.4, -0.2) is 34.9 Å². The predicted octanol–water partition coefficient (Wildman–Crippen LogP) is 1.72.